The third-order valence-electron chi connectivity index (χ3n) is 5.69. The monoisotopic (exact) mass is 458 g/mol. The van der Waals surface area contributed by atoms with Crippen molar-refractivity contribution in [3.63, 3.8) is 0 Å². The highest BCUT2D eigenvalue weighted by atomic mass is 35.5. The third-order valence-corrected chi connectivity index (χ3v) is 5.94. The summed E-state index contributed by atoms with van der Waals surface area (Å²) in [6.45, 7) is 5.75. The zero-order chi connectivity index (χ0) is 23.3. The normalized spacial score (nSPS) is 15.7. The molecule has 0 bridgehead atoms. The van der Waals surface area contributed by atoms with Crippen molar-refractivity contribution in [1.82, 2.24) is 5.32 Å². The van der Waals surface area contributed by atoms with Gasteiger partial charge < -0.3 is 9.73 Å². The van der Waals surface area contributed by atoms with E-state index in [2.05, 4.69) is 5.32 Å². The quantitative estimate of drug-likeness (QED) is 0.388. The van der Waals surface area contributed by atoms with Crippen molar-refractivity contribution >= 4 is 40.1 Å². The summed E-state index contributed by atoms with van der Waals surface area (Å²) in [5, 5.41) is 4.44. The number of nitrogens with one attached hydrogen (secondary N) is 1. The van der Waals surface area contributed by atoms with Gasteiger partial charge in [-0.25, -0.2) is 0 Å². The molecule has 1 atom stereocenters. The maximum absolute atomic E-state index is 14.0. The fraction of sp³-hybridized carbons (Fsp3) is 0.185. The van der Waals surface area contributed by atoms with Gasteiger partial charge in [-0.15, -0.1) is 0 Å². The van der Waals surface area contributed by atoms with Crippen LogP contribution in [0.2, 0.25) is 5.02 Å². The first kappa shape index (κ1) is 21.3. The average Bonchev–Trinajstić information content (AvgIpc) is 3.35. The predicted molar refractivity (Wildman–Crippen MR) is 131 cm³/mol. The van der Waals surface area contributed by atoms with Crippen LogP contribution in [0.1, 0.15) is 42.7 Å². The molecule has 1 N–H and O–H groups in total. The number of carbonyl (C=O) groups excluding carboxylic acids is 2. The van der Waals surface area contributed by atoms with Gasteiger partial charge in [0.05, 0.1) is 11.8 Å². The topological polar surface area (TPSA) is 62.6 Å². The van der Waals surface area contributed by atoms with Gasteiger partial charge in [0, 0.05) is 32.8 Å². The van der Waals surface area contributed by atoms with Gasteiger partial charge in [-0.2, -0.15) is 0 Å². The number of benzene rings is 3. The molecule has 2 heterocycles. The van der Waals surface area contributed by atoms with Gasteiger partial charge >= 0.3 is 0 Å². The van der Waals surface area contributed by atoms with Crippen molar-refractivity contribution in [2.45, 2.75) is 32.4 Å². The van der Waals surface area contributed by atoms with E-state index in [1.54, 1.807) is 35.4 Å². The Bertz CT molecular complexity index is 1370. The third kappa shape index (κ3) is 3.68. The Hall–Kier alpha value is -3.57. The second-order valence-corrected chi connectivity index (χ2v) is 9.64. The lowest BCUT2D eigenvalue weighted by Gasteiger charge is -2.28. The first-order chi connectivity index (χ1) is 15.7. The molecule has 0 fully saturated rings. The van der Waals surface area contributed by atoms with E-state index in [0.29, 0.717) is 27.4 Å². The molecule has 0 spiro atoms. The number of hydrogen-bond acceptors (Lipinski definition) is 3. The van der Waals surface area contributed by atoms with Gasteiger partial charge in [-0.3, -0.25) is 14.5 Å². The Morgan fingerprint density at radius 2 is 1.70 bits per heavy atom. The molecule has 0 radical (unpaired) electrons. The van der Waals surface area contributed by atoms with Crippen molar-refractivity contribution in [2.75, 3.05) is 4.90 Å². The molecule has 0 saturated heterocycles. The molecule has 5 nitrogen and oxygen atoms in total. The Labute approximate surface area is 197 Å². The summed E-state index contributed by atoms with van der Waals surface area (Å²) in [5.74, 6) is -0.488. The van der Waals surface area contributed by atoms with Gasteiger partial charge in [0.25, 0.3) is 5.91 Å². The number of fused-ring (bicyclic) bond motifs is 2. The Morgan fingerprint density at radius 3 is 2.36 bits per heavy atom. The van der Waals surface area contributed by atoms with E-state index in [-0.39, 0.29) is 11.8 Å². The molecule has 4 aromatic rings. The number of rotatable bonds is 3. The first-order valence-corrected chi connectivity index (χ1v) is 11.1. The van der Waals surface area contributed by atoms with Crippen LogP contribution in [-0.4, -0.2) is 17.4 Å². The van der Waals surface area contributed by atoms with Crippen molar-refractivity contribution in [3.8, 4) is 11.1 Å². The molecule has 5 rings (SSSR count). The largest absolute Gasteiger partial charge is 0.464 e. The van der Waals surface area contributed by atoms with Crippen molar-refractivity contribution in [2.24, 2.45) is 0 Å². The Morgan fingerprint density at radius 1 is 1.00 bits per heavy atom. The van der Waals surface area contributed by atoms with E-state index in [9.17, 15) is 9.59 Å². The molecule has 0 saturated carbocycles. The van der Waals surface area contributed by atoms with E-state index in [1.807, 2.05) is 63.2 Å². The number of nitrogens with zero attached hydrogens (tertiary/aromatic N) is 1. The fourth-order valence-corrected chi connectivity index (χ4v) is 4.55. The number of hydrogen-bond donors (Lipinski definition) is 1. The highest BCUT2D eigenvalue weighted by Gasteiger charge is 2.45. The molecular formula is C27H23ClN2O3. The van der Waals surface area contributed by atoms with Crippen LogP contribution in [0.25, 0.3) is 22.1 Å². The summed E-state index contributed by atoms with van der Waals surface area (Å²) in [7, 11) is 0. The lowest BCUT2D eigenvalue weighted by molar-refractivity contribution is -0.123. The highest BCUT2D eigenvalue weighted by molar-refractivity contribution is 6.30. The van der Waals surface area contributed by atoms with Crippen molar-refractivity contribution in [3.05, 3.63) is 89.1 Å². The molecular weight excluding hydrogens is 436 g/mol. The summed E-state index contributed by atoms with van der Waals surface area (Å²) in [6.07, 6.45) is 1.61. The number of halogens is 1. The first-order valence-electron chi connectivity index (χ1n) is 10.8. The predicted octanol–water partition coefficient (Wildman–Crippen LogP) is 6.37. The van der Waals surface area contributed by atoms with E-state index in [1.165, 1.54) is 0 Å². The standard InChI is InChI=1S/C27H23ClN2O3/c1-27(2,3)29-25(31)24-20-15-21-19(13-14-33-21)22(16-7-5-4-6-8-16)23(20)26(32)30(24)18-11-9-17(28)10-12-18/h4-15,24H,1-3H3,(H,29,31). The van der Waals surface area contributed by atoms with E-state index in [0.717, 1.165) is 16.5 Å². The summed E-state index contributed by atoms with van der Waals surface area (Å²) in [5.41, 5.74) is 3.56. The molecule has 1 aliphatic heterocycles. The van der Waals surface area contributed by atoms with Gasteiger partial charge in [0.1, 0.15) is 11.6 Å². The van der Waals surface area contributed by atoms with Crippen LogP contribution in [0.5, 0.6) is 0 Å². The SMILES string of the molecule is CC(C)(C)NC(=O)C1c2cc3occc3c(-c3ccccc3)c2C(=O)N1c1ccc(Cl)cc1. The number of carbonyl (C=O) groups is 2. The molecule has 1 aliphatic rings. The number of amides is 2. The van der Waals surface area contributed by atoms with Crippen LogP contribution in [0, 0.1) is 0 Å². The summed E-state index contributed by atoms with van der Waals surface area (Å²) in [4.78, 5) is 29.1. The minimum absolute atomic E-state index is 0.233. The minimum Gasteiger partial charge on any atom is -0.464 e. The van der Waals surface area contributed by atoms with Gasteiger partial charge in [0.15, 0.2) is 0 Å². The highest BCUT2D eigenvalue weighted by Crippen LogP contribution is 2.46. The van der Waals surface area contributed by atoms with E-state index < -0.39 is 11.6 Å². The van der Waals surface area contributed by atoms with Gasteiger partial charge in [-0.1, -0.05) is 41.9 Å². The molecule has 0 aliphatic carbocycles. The fourth-order valence-electron chi connectivity index (χ4n) is 4.42. The molecule has 1 aromatic heterocycles. The molecule has 2 amide bonds. The zero-order valence-corrected chi connectivity index (χ0v) is 19.3. The molecule has 166 valence electrons. The smallest absolute Gasteiger partial charge is 0.260 e. The van der Waals surface area contributed by atoms with Crippen LogP contribution in [0.15, 0.2) is 77.4 Å². The average molecular weight is 459 g/mol. The van der Waals surface area contributed by atoms with Gasteiger partial charge in [0.2, 0.25) is 5.91 Å². The lowest BCUT2D eigenvalue weighted by atomic mass is 9.91. The summed E-state index contributed by atoms with van der Waals surface area (Å²) in [6, 6.07) is 19.5. The summed E-state index contributed by atoms with van der Waals surface area (Å²) >= 11 is 6.10. The Kier molecular flexibility index (Phi) is 5.02. The maximum Gasteiger partial charge on any atom is 0.260 e. The Balaban J connectivity index is 1.79. The maximum atomic E-state index is 14.0. The van der Waals surface area contributed by atoms with Crippen molar-refractivity contribution < 1.29 is 14.0 Å². The lowest BCUT2D eigenvalue weighted by Crippen LogP contribution is -2.47. The minimum atomic E-state index is -0.843. The second-order valence-electron chi connectivity index (χ2n) is 9.21. The van der Waals surface area contributed by atoms with Crippen LogP contribution >= 0.6 is 11.6 Å². The molecule has 1 unspecified atom stereocenters. The number of anilines is 1. The zero-order valence-electron chi connectivity index (χ0n) is 18.6. The molecule has 3 aromatic carbocycles. The van der Waals surface area contributed by atoms with Crippen LogP contribution in [0.3, 0.4) is 0 Å². The van der Waals surface area contributed by atoms with Crippen LogP contribution in [0.4, 0.5) is 5.69 Å². The molecule has 33 heavy (non-hydrogen) atoms. The van der Waals surface area contributed by atoms with Crippen LogP contribution < -0.4 is 10.2 Å². The molecule has 6 heteroatoms. The second kappa shape index (κ2) is 7.78. The van der Waals surface area contributed by atoms with Gasteiger partial charge in [-0.05, 0) is 62.7 Å². The van der Waals surface area contributed by atoms with Crippen molar-refractivity contribution in [1.29, 1.82) is 0 Å². The van der Waals surface area contributed by atoms with E-state index in [4.69, 9.17) is 16.0 Å². The summed E-state index contributed by atoms with van der Waals surface area (Å²) < 4.78 is 5.75. The van der Waals surface area contributed by atoms with E-state index >= 15 is 0 Å². The number of furan rings is 1. The van der Waals surface area contributed by atoms with Crippen LogP contribution in [-0.2, 0) is 4.79 Å².